The van der Waals surface area contributed by atoms with Gasteiger partial charge in [0.2, 0.25) is 5.28 Å². The number of nitrogens with zero attached hydrogens (tertiary/aromatic N) is 3. The second-order valence-electron chi connectivity index (χ2n) is 7.68. The largest absolute Gasteiger partial charge is 0.379 e. The van der Waals surface area contributed by atoms with Crippen LogP contribution in [0.15, 0.2) is 0 Å². The maximum absolute atomic E-state index is 6.21. The number of aryl methyl sites for hydroxylation is 2. The Morgan fingerprint density at radius 3 is 2.57 bits per heavy atom. The van der Waals surface area contributed by atoms with Crippen molar-refractivity contribution < 1.29 is 4.74 Å². The van der Waals surface area contributed by atoms with Crippen molar-refractivity contribution in [3.63, 3.8) is 0 Å². The Balaban J connectivity index is 0.000000932. The van der Waals surface area contributed by atoms with Gasteiger partial charge in [-0.3, -0.25) is 4.90 Å². The molecule has 0 bridgehead atoms. The van der Waals surface area contributed by atoms with Crippen molar-refractivity contribution in [3.05, 3.63) is 15.7 Å². The van der Waals surface area contributed by atoms with Gasteiger partial charge in [0.1, 0.15) is 10.6 Å². The van der Waals surface area contributed by atoms with Crippen LogP contribution < -0.4 is 5.32 Å². The Bertz CT molecular complexity index is 797. The fraction of sp³-hybridized carbons (Fsp3) is 0.714. The van der Waals surface area contributed by atoms with Crippen LogP contribution in [0.4, 0.5) is 5.82 Å². The minimum atomic E-state index is 0.363. The number of nitrogens with one attached hydrogen (secondary N) is 1. The Morgan fingerprint density at radius 2 is 1.82 bits per heavy atom. The van der Waals surface area contributed by atoms with Crippen LogP contribution in [0.1, 0.15) is 56.4 Å². The van der Waals surface area contributed by atoms with E-state index in [0.717, 1.165) is 49.4 Å². The molecule has 3 aliphatic rings. The first-order chi connectivity index (χ1) is 13.8. The Hall–Kier alpha value is -0.950. The number of ether oxygens (including phenoxy) is 1. The first-order valence-electron chi connectivity index (χ1n) is 10.8. The number of anilines is 1. The van der Waals surface area contributed by atoms with E-state index in [1.54, 1.807) is 11.3 Å². The van der Waals surface area contributed by atoms with Crippen molar-refractivity contribution in [2.24, 2.45) is 0 Å². The summed E-state index contributed by atoms with van der Waals surface area (Å²) in [6, 6.07) is 1.20. The molecule has 154 valence electrons. The number of fused-ring (bicyclic) bond motifs is 3. The summed E-state index contributed by atoms with van der Waals surface area (Å²) in [4.78, 5) is 14.2. The van der Waals surface area contributed by atoms with Gasteiger partial charge in [0.25, 0.3) is 0 Å². The molecule has 2 aromatic heterocycles. The monoisotopic (exact) mass is 422 g/mol. The third-order valence-corrected chi connectivity index (χ3v) is 7.49. The zero-order valence-corrected chi connectivity index (χ0v) is 18.5. The van der Waals surface area contributed by atoms with Crippen LogP contribution in [0.5, 0.6) is 0 Å². The van der Waals surface area contributed by atoms with Crippen LogP contribution in [-0.2, 0) is 17.6 Å². The highest BCUT2D eigenvalue weighted by atomic mass is 35.5. The Kier molecular flexibility index (Phi) is 6.71. The molecule has 0 atom stereocenters. The molecule has 1 saturated heterocycles. The lowest BCUT2D eigenvalue weighted by Gasteiger charge is -2.39. The molecule has 0 unspecified atom stereocenters. The number of halogens is 1. The molecule has 5 rings (SSSR count). The molecular weight excluding hydrogens is 392 g/mol. The molecule has 1 aliphatic heterocycles. The van der Waals surface area contributed by atoms with E-state index in [9.17, 15) is 0 Å². The van der Waals surface area contributed by atoms with Crippen LogP contribution in [0, 0.1) is 0 Å². The van der Waals surface area contributed by atoms with Gasteiger partial charge in [-0.25, -0.2) is 9.97 Å². The summed E-state index contributed by atoms with van der Waals surface area (Å²) in [6.07, 6.45) is 8.47. The summed E-state index contributed by atoms with van der Waals surface area (Å²) in [7, 11) is 0. The van der Waals surface area contributed by atoms with Crippen LogP contribution in [0.3, 0.4) is 0 Å². The average Bonchev–Trinajstić information content (AvgIpc) is 3.31. The molecule has 2 aliphatic carbocycles. The maximum Gasteiger partial charge on any atom is 0.225 e. The second-order valence-corrected chi connectivity index (χ2v) is 9.10. The smallest absolute Gasteiger partial charge is 0.225 e. The van der Waals surface area contributed by atoms with Crippen molar-refractivity contribution >= 4 is 39.0 Å². The molecule has 7 heteroatoms. The fourth-order valence-corrected chi connectivity index (χ4v) is 6.28. The molecule has 2 aromatic rings. The first kappa shape index (κ1) is 20.3. The summed E-state index contributed by atoms with van der Waals surface area (Å²) in [5, 5.41) is 5.33. The highest BCUT2D eigenvalue weighted by Gasteiger charge is 2.28. The van der Waals surface area contributed by atoms with Crippen molar-refractivity contribution in [1.29, 1.82) is 0 Å². The molecule has 3 heterocycles. The normalized spacial score (nSPS) is 25.2. The molecule has 0 amide bonds. The zero-order chi connectivity index (χ0) is 19.5. The number of hydrogen-bond donors (Lipinski definition) is 1. The Morgan fingerprint density at radius 1 is 1.07 bits per heavy atom. The molecule has 1 N–H and O–H groups in total. The van der Waals surface area contributed by atoms with Gasteiger partial charge in [0.05, 0.1) is 18.6 Å². The van der Waals surface area contributed by atoms with Crippen molar-refractivity contribution in [3.8, 4) is 0 Å². The molecule has 5 nitrogen and oxygen atoms in total. The van der Waals surface area contributed by atoms with Crippen LogP contribution in [0.2, 0.25) is 5.28 Å². The lowest BCUT2D eigenvalue weighted by molar-refractivity contribution is 0.00791. The van der Waals surface area contributed by atoms with Gasteiger partial charge in [-0.1, -0.05) is 13.8 Å². The minimum absolute atomic E-state index is 0.363. The maximum atomic E-state index is 6.21. The third kappa shape index (κ3) is 4.16. The van der Waals surface area contributed by atoms with E-state index < -0.39 is 0 Å². The van der Waals surface area contributed by atoms with Gasteiger partial charge < -0.3 is 10.1 Å². The lowest BCUT2D eigenvalue weighted by Crippen LogP contribution is -2.46. The minimum Gasteiger partial charge on any atom is -0.379 e. The molecule has 0 spiro atoms. The number of aromatic nitrogens is 2. The van der Waals surface area contributed by atoms with Gasteiger partial charge in [-0.05, 0) is 62.1 Å². The highest BCUT2D eigenvalue weighted by molar-refractivity contribution is 7.19. The second kappa shape index (κ2) is 9.24. The zero-order valence-electron chi connectivity index (χ0n) is 17.0. The number of hydrogen-bond acceptors (Lipinski definition) is 6. The van der Waals surface area contributed by atoms with Gasteiger partial charge in [-0.15, -0.1) is 11.3 Å². The highest BCUT2D eigenvalue weighted by Crippen LogP contribution is 2.40. The van der Waals surface area contributed by atoms with E-state index in [-0.39, 0.29) is 0 Å². The van der Waals surface area contributed by atoms with Crippen molar-refractivity contribution in [2.45, 2.75) is 70.9 Å². The lowest BCUT2D eigenvalue weighted by atomic mass is 9.90. The summed E-state index contributed by atoms with van der Waals surface area (Å²) in [5.74, 6) is 0.967. The van der Waals surface area contributed by atoms with Crippen molar-refractivity contribution in [2.75, 3.05) is 31.6 Å². The first-order valence-corrected chi connectivity index (χ1v) is 12.0. The van der Waals surface area contributed by atoms with Gasteiger partial charge in [-0.2, -0.15) is 0 Å². The predicted molar refractivity (Wildman–Crippen MR) is 118 cm³/mol. The van der Waals surface area contributed by atoms with Crippen LogP contribution in [0.25, 0.3) is 10.2 Å². The third-order valence-electron chi connectivity index (χ3n) is 6.14. The summed E-state index contributed by atoms with van der Waals surface area (Å²) in [6.45, 7) is 7.95. The molecule has 1 saturated carbocycles. The Labute approximate surface area is 176 Å². The molecular formula is C21H31ClN4OS. The number of morpholine rings is 1. The van der Waals surface area contributed by atoms with E-state index in [1.807, 2.05) is 13.8 Å². The fourth-order valence-electron chi connectivity index (χ4n) is 4.80. The summed E-state index contributed by atoms with van der Waals surface area (Å²) < 4.78 is 5.49. The quantitative estimate of drug-likeness (QED) is 0.712. The predicted octanol–water partition coefficient (Wildman–Crippen LogP) is 4.91. The van der Waals surface area contributed by atoms with Crippen molar-refractivity contribution in [1.82, 2.24) is 14.9 Å². The standard InChI is InChI=1S/C19H25ClN4OS.C2H6/c20-19-22-17(16-14-2-1-3-15(14)26-18(16)23-19)21-12-4-6-13(7-5-12)24-8-10-25-11-9-24;1-2/h12-13H,1-11H2,(H,21,22,23);1-2H3. The van der Waals surface area contributed by atoms with Gasteiger partial charge in [0.15, 0.2) is 0 Å². The molecule has 0 aromatic carbocycles. The average molecular weight is 423 g/mol. The SMILES string of the molecule is CC.Clc1nc(NC2CCC(N3CCOCC3)CC2)c2c3c(sc2n1)CCC3. The van der Waals surface area contributed by atoms with E-state index >= 15 is 0 Å². The molecule has 28 heavy (non-hydrogen) atoms. The van der Waals surface area contributed by atoms with Gasteiger partial charge in [0, 0.05) is 30.1 Å². The van der Waals surface area contributed by atoms with Gasteiger partial charge >= 0.3 is 0 Å². The van der Waals surface area contributed by atoms with E-state index in [1.165, 1.54) is 54.4 Å². The molecule has 2 fully saturated rings. The van der Waals surface area contributed by atoms with Crippen LogP contribution >= 0.6 is 22.9 Å². The van der Waals surface area contributed by atoms with Crippen LogP contribution in [-0.4, -0.2) is 53.3 Å². The number of rotatable bonds is 3. The van der Waals surface area contributed by atoms with E-state index in [4.69, 9.17) is 16.3 Å². The topological polar surface area (TPSA) is 50.3 Å². The molecule has 0 radical (unpaired) electrons. The summed E-state index contributed by atoms with van der Waals surface area (Å²) >= 11 is 8.02. The number of thiophene rings is 1. The van der Waals surface area contributed by atoms with E-state index in [0.29, 0.717) is 11.3 Å². The van der Waals surface area contributed by atoms with E-state index in [2.05, 4.69) is 20.2 Å². The summed E-state index contributed by atoms with van der Waals surface area (Å²) in [5.41, 5.74) is 1.46.